The maximum Gasteiger partial charge on any atom is 4.00 e. The predicted octanol–water partition coefficient (Wildman–Crippen LogP) is -0.624. The van der Waals surface area contributed by atoms with Gasteiger partial charge in [-0.1, -0.05) is 51.4 Å². The van der Waals surface area contributed by atoms with Gasteiger partial charge in [0.2, 0.25) is 0 Å². The minimum Gasteiger partial charge on any atom is -1.00 e. The van der Waals surface area contributed by atoms with Gasteiger partial charge < -0.3 is 34.0 Å². The zero-order valence-electron chi connectivity index (χ0n) is 13.8. The fraction of sp³-hybridized carbons (Fsp3) is 0.400. The van der Waals surface area contributed by atoms with Gasteiger partial charge in [0.15, 0.2) is 0 Å². The summed E-state index contributed by atoms with van der Waals surface area (Å²) in [5.74, 6) is 0. The molecule has 4 rings (SSSR count). The van der Waals surface area contributed by atoms with Gasteiger partial charge in [-0.05, 0) is 0 Å². The molecule has 0 fully saturated rings. The predicted molar refractivity (Wildman–Crippen MR) is 88.6 cm³/mol. The first-order chi connectivity index (χ1) is 9.93. The molecule has 2 aliphatic carbocycles. The fourth-order valence-corrected chi connectivity index (χ4v) is 3.23. The maximum absolute atomic E-state index is 3.00. The van der Waals surface area contributed by atoms with Crippen molar-refractivity contribution in [3.8, 4) is 0 Å². The Bertz CT molecular complexity index is 426. The average molecular weight is 474 g/mol. The number of rotatable bonds is 0. The second-order valence-electron chi connectivity index (χ2n) is 5.57. The standard InChI is InChI=1S/2C9H11.C2H4.2BrH.Ti/c2*1-2-5-9-7-3-6-8(9)4-1;1-2;;;/h2*3,6-7H,1-2,4-5H2;1-2H2;2*1H;/q2*-1;;;;+4/p-2. The first-order valence-electron chi connectivity index (χ1n) is 7.90. The summed E-state index contributed by atoms with van der Waals surface area (Å²) in [4.78, 5) is 0. The molecule has 0 N–H and O–H groups in total. The summed E-state index contributed by atoms with van der Waals surface area (Å²) in [5, 5.41) is 0. The minimum absolute atomic E-state index is 0. The number of hydrogen-bond acceptors (Lipinski definition) is 0. The van der Waals surface area contributed by atoms with Crippen LogP contribution in [0.3, 0.4) is 0 Å². The maximum atomic E-state index is 3.00. The molecule has 23 heavy (non-hydrogen) atoms. The van der Waals surface area contributed by atoms with E-state index in [2.05, 4.69) is 49.6 Å². The molecule has 0 heterocycles. The summed E-state index contributed by atoms with van der Waals surface area (Å²) in [6, 6.07) is 13.4. The van der Waals surface area contributed by atoms with Crippen LogP contribution in [0.15, 0.2) is 49.6 Å². The van der Waals surface area contributed by atoms with Crippen molar-refractivity contribution < 1.29 is 55.7 Å². The van der Waals surface area contributed by atoms with Gasteiger partial charge in [-0.25, -0.2) is 12.1 Å². The monoisotopic (exact) mass is 472 g/mol. The largest absolute Gasteiger partial charge is 4.00 e. The van der Waals surface area contributed by atoms with Crippen molar-refractivity contribution in [2.24, 2.45) is 0 Å². The normalized spacial score (nSPS) is 13.7. The quantitative estimate of drug-likeness (QED) is 0.272. The fourth-order valence-electron chi connectivity index (χ4n) is 3.23. The summed E-state index contributed by atoms with van der Waals surface area (Å²) in [7, 11) is 0. The molecule has 0 amide bonds. The second kappa shape index (κ2) is 14.5. The van der Waals surface area contributed by atoms with E-state index < -0.39 is 0 Å². The molecule has 0 spiro atoms. The third kappa shape index (κ3) is 7.69. The van der Waals surface area contributed by atoms with E-state index >= 15 is 0 Å². The molecule has 124 valence electrons. The van der Waals surface area contributed by atoms with Gasteiger partial charge >= 0.3 is 21.7 Å². The van der Waals surface area contributed by atoms with Crippen molar-refractivity contribution in [3.05, 3.63) is 71.8 Å². The van der Waals surface area contributed by atoms with E-state index in [1.807, 2.05) is 0 Å². The molecular formula is C20H26Br2Ti. The summed E-state index contributed by atoms with van der Waals surface area (Å²) in [5.41, 5.74) is 6.39. The first kappa shape index (κ1) is 25.4. The van der Waals surface area contributed by atoms with E-state index in [0.29, 0.717) is 0 Å². The Labute approximate surface area is 177 Å². The van der Waals surface area contributed by atoms with Crippen molar-refractivity contribution in [2.45, 2.75) is 51.4 Å². The summed E-state index contributed by atoms with van der Waals surface area (Å²) < 4.78 is 0. The van der Waals surface area contributed by atoms with Crippen LogP contribution in [0.4, 0.5) is 0 Å². The van der Waals surface area contributed by atoms with Gasteiger partial charge in [-0.2, -0.15) is 46.5 Å². The van der Waals surface area contributed by atoms with Crippen molar-refractivity contribution in [1.29, 1.82) is 0 Å². The van der Waals surface area contributed by atoms with Crippen LogP contribution in [0.25, 0.3) is 0 Å². The third-order valence-corrected chi connectivity index (χ3v) is 4.30. The van der Waals surface area contributed by atoms with E-state index in [1.54, 1.807) is 22.3 Å². The van der Waals surface area contributed by atoms with Crippen LogP contribution >= 0.6 is 0 Å². The first-order valence-corrected chi connectivity index (χ1v) is 7.90. The minimum atomic E-state index is 0. The van der Waals surface area contributed by atoms with Crippen molar-refractivity contribution in [3.63, 3.8) is 0 Å². The van der Waals surface area contributed by atoms with E-state index in [0.717, 1.165) is 0 Å². The Morgan fingerprint density at radius 1 is 0.652 bits per heavy atom. The topological polar surface area (TPSA) is 0 Å². The van der Waals surface area contributed by atoms with Crippen LogP contribution in [0.2, 0.25) is 0 Å². The molecule has 0 aliphatic heterocycles. The third-order valence-electron chi connectivity index (χ3n) is 4.30. The zero-order valence-corrected chi connectivity index (χ0v) is 18.5. The van der Waals surface area contributed by atoms with E-state index in [9.17, 15) is 0 Å². The summed E-state index contributed by atoms with van der Waals surface area (Å²) >= 11 is 0. The van der Waals surface area contributed by atoms with Gasteiger partial charge in [-0.15, -0.1) is 13.2 Å². The van der Waals surface area contributed by atoms with Gasteiger partial charge in [0.25, 0.3) is 0 Å². The van der Waals surface area contributed by atoms with Crippen LogP contribution in [0.5, 0.6) is 0 Å². The van der Waals surface area contributed by atoms with Gasteiger partial charge in [-0.3, -0.25) is 0 Å². The molecular weight excluding hydrogens is 448 g/mol. The number of aryl methyl sites for hydroxylation is 4. The molecule has 0 unspecified atom stereocenters. The van der Waals surface area contributed by atoms with Crippen molar-refractivity contribution >= 4 is 0 Å². The summed E-state index contributed by atoms with van der Waals surface area (Å²) in [6.45, 7) is 6.00. The van der Waals surface area contributed by atoms with E-state index in [1.165, 1.54) is 51.4 Å². The van der Waals surface area contributed by atoms with Crippen molar-refractivity contribution in [1.82, 2.24) is 0 Å². The van der Waals surface area contributed by atoms with Crippen LogP contribution in [0, 0.1) is 0 Å². The molecule has 0 radical (unpaired) electrons. The zero-order chi connectivity index (χ0) is 14.2. The Hall–Kier alpha value is 0.114. The summed E-state index contributed by atoms with van der Waals surface area (Å²) in [6.07, 6.45) is 10.9. The van der Waals surface area contributed by atoms with E-state index in [4.69, 9.17) is 0 Å². The molecule has 2 aromatic rings. The van der Waals surface area contributed by atoms with Crippen LogP contribution in [-0.4, -0.2) is 0 Å². The molecule has 0 nitrogen and oxygen atoms in total. The molecule has 2 aromatic carbocycles. The van der Waals surface area contributed by atoms with Crippen LogP contribution < -0.4 is 34.0 Å². The number of halogens is 2. The molecule has 0 saturated carbocycles. The molecule has 2 aliphatic rings. The second-order valence-corrected chi connectivity index (χ2v) is 5.57. The molecule has 0 saturated heterocycles. The molecule has 0 atom stereocenters. The number of fused-ring (bicyclic) bond motifs is 2. The smallest absolute Gasteiger partial charge is 1.00 e. The Morgan fingerprint density at radius 2 is 1.00 bits per heavy atom. The van der Waals surface area contributed by atoms with Gasteiger partial charge in [0, 0.05) is 0 Å². The molecule has 0 bridgehead atoms. The SMILES string of the molecule is C=C.[Br-].[Br-].[Ti+4].c1cc2c([cH-]1)CCCC2.c1cc2c([cH-]1)CCCC2. The van der Waals surface area contributed by atoms with Crippen LogP contribution in [-0.2, 0) is 47.4 Å². The average Bonchev–Trinajstić information content (AvgIpc) is 3.18. The van der Waals surface area contributed by atoms with Crippen LogP contribution in [0.1, 0.15) is 47.9 Å². The molecule has 3 heteroatoms. The molecule has 0 aromatic heterocycles. The Balaban J connectivity index is 0. The Morgan fingerprint density at radius 3 is 1.35 bits per heavy atom. The number of hydrogen-bond donors (Lipinski definition) is 0. The van der Waals surface area contributed by atoms with Crippen molar-refractivity contribution in [2.75, 3.05) is 0 Å². The van der Waals surface area contributed by atoms with Gasteiger partial charge in [0.05, 0.1) is 0 Å². The van der Waals surface area contributed by atoms with Gasteiger partial charge in [0.1, 0.15) is 0 Å². The van der Waals surface area contributed by atoms with E-state index in [-0.39, 0.29) is 55.7 Å². The Kier molecular flexibility index (Phi) is 15.9.